The molecule has 0 aliphatic carbocycles. The van der Waals surface area contributed by atoms with E-state index in [0.29, 0.717) is 11.3 Å². The molecular weight excluding hydrogens is 168 g/mol. The fraction of sp³-hybridized carbons (Fsp3) is 0.200. The highest BCUT2D eigenvalue weighted by atomic mass is 16.5. The van der Waals surface area contributed by atoms with Crippen LogP contribution in [0.5, 0.6) is 11.5 Å². The Hall–Kier alpha value is -1.66. The molecule has 3 heteroatoms. The summed E-state index contributed by atoms with van der Waals surface area (Å²) in [4.78, 5) is 0. The molecule has 1 rings (SSSR count). The number of benzene rings is 1. The zero-order valence-electron chi connectivity index (χ0n) is 7.24. The first-order chi connectivity index (χ1) is 6.24. The van der Waals surface area contributed by atoms with Crippen molar-refractivity contribution in [3.05, 3.63) is 23.3 Å². The summed E-state index contributed by atoms with van der Waals surface area (Å²) in [6, 6.07) is 3.18. The van der Waals surface area contributed by atoms with Crippen LogP contribution in [0.15, 0.2) is 12.1 Å². The van der Waals surface area contributed by atoms with E-state index < -0.39 is 0 Å². The minimum absolute atomic E-state index is 0.100. The molecule has 0 atom stereocenters. The predicted octanol–water partition coefficient (Wildman–Crippen LogP) is 0.874. The summed E-state index contributed by atoms with van der Waals surface area (Å²) in [6.07, 6.45) is 5.17. The zero-order valence-corrected chi connectivity index (χ0v) is 7.24. The van der Waals surface area contributed by atoms with E-state index in [9.17, 15) is 5.11 Å². The average molecular weight is 178 g/mol. The minimum atomic E-state index is -0.197. The number of rotatable bonds is 2. The van der Waals surface area contributed by atoms with Crippen molar-refractivity contribution in [2.45, 2.75) is 6.61 Å². The SMILES string of the molecule is C#Cc1c(CO)ccc(OC)c1O. The van der Waals surface area contributed by atoms with Crippen molar-refractivity contribution in [3.8, 4) is 23.8 Å². The van der Waals surface area contributed by atoms with Crippen molar-refractivity contribution >= 4 is 0 Å². The Morgan fingerprint density at radius 2 is 2.23 bits per heavy atom. The number of aliphatic hydroxyl groups excluding tert-OH is 1. The highest BCUT2D eigenvalue weighted by Crippen LogP contribution is 2.31. The van der Waals surface area contributed by atoms with E-state index >= 15 is 0 Å². The van der Waals surface area contributed by atoms with Gasteiger partial charge in [0.1, 0.15) is 0 Å². The molecule has 0 aliphatic rings. The van der Waals surface area contributed by atoms with Gasteiger partial charge in [-0.2, -0.15) is 0 Å². The molecule has 0 unspecified atom stereocenters. The molecule has 0 aliphatic heterocycles. The van der Waals surface area contributed by atoms with Crippen molar-refractivity contribution < 1.29 is 14.9 Å². The zero-order chi connectivity index (χ0) is 9.84. The number of ether oxygens (including phenoxy) is 1. The Labute approximate surface area is 76.6 Å². The number of methoxy groups -OCH3 is 1. The van der Waals surface area contributed by atoms with Crippen LogP contribution < -0.4 is 4.74 Å². The fourth-order valence-corrected chi connectivity index (χ4v) is 1.07. The van der Waals surface area contributed by atoms with Crippen molar-refractivity contribution in [1.29, 1.82) is 0 Å². The van der Waals surface area contributed by atoms with Gasteiger partial charge in [0.25, 0.3) is 0 Å². The number of hydrogen-bond acceptors (Lipinski definition) is 3. The average Bonchev–Trinajstić information content (AvgIpc) is 2.17. The molecule has 3 nitrogen and oxygen atoms in total. The van der Waals surface area contributed by atoms with Crippen LogP contribution in [0.4, 0.5) is 0 Å². The number of phenols is 1. The quantitative estimate of drug-likeness (QED) is 0.661. The van der Waals surface area contributed by atoms with Crippen molar-refractivity contribution in [2.75, 3.05) is 7.11 Å². The topological polar surface area (TPSA) is 49.7 Å². The van der Waals surface area contributed by atoms with Gasteiger partial charge in [-0.1, -0.05) is 12.0 Å². The first-order valence-corrected chi connectivity index (χ1v) is 3.71. The van der Waals surface area contributed by atoms with Gasteiger partial charge in [-0.05, 0) is 11.6 Å². The lowest BCUT2D eigenvalue weighted by Crippen LogP contribution is -1.93. The summed E-state index contributed by atoms with van der Waals surface area (Å²) in [5.41, 5.74) is 0.794. The van der Waals surface area contributed by atoms with E-state index in [1.165, 1.54) is 7.11 Å². The molecular formula is C10H10O3. The maximum atomic E-state index is 9.52. The summed E-state index contributed by atoms with van der Waals surface area (Å²) >= 11 is 0. The van der Waals surface area contributed by atoms with Gasteiger partial charge in [-0.15, -0.1) is 6.42 Å². The van der Waals surface area contributed by atoms with Crippen molar-refractivity contribution in [1.82, 2.24) is 0 Å². The Balaban J connectivity index is 3.34. The van der Waals surface area contributed by atoms with Crippen LogP contribution >= 0.6 is 0 Å². The van der Waals surface area contributed by atoms with Crippen LogP contribution in [0.3, 0.4) is 0 Å². The molecule has 1 aromatic carbocycles. The van der Waals surface area contributed by atoms with Gasteiger partial charge in [0.15, 0.2) is 11.5 Å². The molecule has 13 heavy (non-hydrogen) atoms. The Morgan fingerprint density at radius 1 is 1.54 bits per heavy atom. The van der Waals surface area contributed by atoms with Gasteiger partial charge < -0.3 is 14.9 Å². The standard InChI is InChI=1S/C10H10O3/c1-3-8-7(6-11)4-5-9(13-2)10(8)12/h1,4-5,11-12H,6H2,2H3. The van der Waals surface area contributed by atoms with Crippen LogP contribution in [0.2, 0.25) is 0 Å². The number of hydrogen-bond donors (Lipinski definition) is 2. The number of phenolic OH excluding ortho intramolecular Hbond substituents is 1. The van der Waals surface area contributed by atoms with E-state index in [4.69, 9.17) is 16.3 Å². The second kappa shape index (κ2) is 3.83. The van der Waals surface area contributed by atoms with Crippen molar-refractivity contribution in [3.63, 3.8) is 0 Å². The molecule has 1 aromatic rings. The number of aliphatic hydroxyl groups is 1. The van der Waals surface area contributed by atoms with Crippen molar-refractivity contribution in [2.24, 2.45) is 0 Å². The molecule has 0 fully saturated rings. The molecule has 0 heterocycles. The Bertz CT molecular complexity index is 350. The van der Waals surface area contributed by atoms with Gasteiger partial charge in [0.2, 0.25) is 0 Å². The van der Waals surface area contributed by atoms with E-state index in [1.54, 1.807) is 12.1 Å². The van der Waals surface area contributed by atoms with Crippen LogP contribution in [0.25, 0.3) is 0 Å². The van der Waals surface area contributed by atoms with Crippen LogP contribution in [0, 0.1) is 12.3 Å². The first-order valence-electron chi connectivity index (χ1n) is 3.71. The molecule has 0 spiro atoms. The smallest absolute Gasteiger partial charge is 0.174 e. The van der Waals surface area contributed by atoms with Gasteiger partial charge in [0, 0.05) is 0 Å². The molecule has 0 saturated heterocycles. The molecule has 0 aromatic heterocycles. The van der Waals surface area contributed by atoms with E-state index in [0.717, 1.165) is 0 Å². The number of aromatic hydroxyl groups is 1. The molecule has 0 amide bonds. The fourth-order valence-electron chi connectivity index (χ4n) is 1.07. The van der Waals surface area contributed by atoms with Gasteiger partial charge in [0.05, 0.1) is 19.3 Å². The summed E-state index contributed by atoms with van der Waals surface area (Å²) in [7, 11) is 1.44. The molecule has 0 saturated carbocycles. The van der Waals surface area contributed by atoms with Crippen LogP contribution in [0.1, 0.15) is 11.1 Å². The normalized spacial score (nSPS) is 9.31. The third-order valence-corrected chi connectivity index (χ3v) is 1.76. The maximum Gasteiger partial charge on any atom is 0.174 e. The lowest BCUT2D eigenvalue weighted by Gasteiger charge is -2.07. The molecule has 0 bridgehead atoms. The highest BCUT2D eigenvalue weighted by molar-refractivity contribution is 5.56. The summed E-state index contributed by atoms with van der Waals surface area (Å²) in [6.45, 7) is -0.197. The first kappa shape index (κ1) is 9.43. The number of terminal acetylenes is 1. The summed E-state index contributed by atoms with van der Waals surface area (Å²) in [5, 5.41) is 18.4. The maximum absolute atomic E-state index is 9.52. The van der Waals surface area contributed by atoms with Gasteiger partial charge in [-0.3, -0.25) is 0 Å². The second-order valence-corrected chi connectivity index (χ2v) is 2.45. The molecule has 68 valence electrons. The summed E-state index contributed by atoms with van der Waals surface area (Å²) < 4.78 is 4.86. The minimum Gasteiger partial charge on any atom is -0.503 e. The monoisotopic (exact) mass is 178 g/mol. The van der Waals surface area contributed by atoms with E-state index in [-0.39, 0.29) is 17.9 Å². The predicted molar refractivity (Wildman–Crippen MR) is 48.5 cm³/mol. The Kier molecular flexibility index (Phi) is 2.78. The summed E-state index contributed by atoms with van der Waals surface area (Å²) in [5.74, 6) is 2.51. The van der Waals surface area contributed by atoms with Crippen LogP contribution in [-0.2, 0) is 6.61 Å². The second-order valence-electron chi connectivity index (χ2n) is 2.45. The molecule has 0 radical (unpaired) electrons. The van der Waals surface area contributed by atoms with E-state index in [2.05, 4.69) is 5.92 Å². The third kappa shape index (κ3) is 1.58. The lowest BCUT2D eigenvalue weighted by molar-refractivity contribution is 0.280. The lowest BCUT2D eigenvalue weighted by atomic mass is 10.1. The third-order valence-electron chi connectivity index (χ3n) is 1.76. The molecule has 2 N–H and O–H groups in total. The van der Waals surface area contributed by atoms with Crippen LogP contribution in [-0.4, -0.2) is 17.3 Å². The van der Waals surface area contributed by atoms with Gasteiger partial charge in [-0.25, -0.2) is 0 Å². The van der Waals surface area contributed by atoms with E-state index in [1.807, 2.05) is 0 Å². The van der Waals surface area contributed by atoms with Gasteiger partial charge >= 0.3 is 0 Å². The Morgan fingerprint density at radius 3 is 2.69 bits per heavy atom. The highest BCUT2D eigenvalue weighted by Gasteiger charge is 2.09. The largest absolute Gasteiger partial charge is 0.503 e.